The van der Waals surface area contributed by atoms with Gasteiger partial charge in [0.05, 0.1) is 0 Å². The SMILES string of the molecule is CC(C)(C)N[Si](I)(I)NC(C)(C)C. The first-order chi connectivity index (χ1) is 5.41. The van der Waals surface area contributed by atoms with E-state index in [0.29, 0.717) is 0 Å². The number of nitrogens with one attached hydrogen (secondary N) is 2. The van der Waals surface area contributed by atoms with Crippen LogP contribution in [0.1, 0.15) is 41.5 Å². The quantitative estimate of drug-likeness (QED) is 0.403. The molecule has 0 saturated carbocycles. The van der Waals surface area contributed by atoms with E-state index in [-0.39, 0.29) is 11.1 Å². The molecule has 0 bridgehead atoms. The molecule has 0 unspecified atom stereocenters. The van der Waals surface area contributed by atoms with Crippen molar-refractivity contribution < 1.29 is 0 Å². The Morgan fingerprint density at radius 3 is 1.15 bits per heavy atom. The zero-order valence-corrected chi connectivity index (χ0v) is 14.6. The number of hydrogen-bond donors (Lipinski definition) is 2. The molecule has 0 atom stereocenters. The highest BCUT2D eigenvalue weighted by Gasteiger charge is 2.34. The van der Waals surface area contributed by atoms with E-state index in [0.717, 1.165) is 0 Å². The Kier molecular flexibility index (Phi) is 5.19. The van der Waals surface area contributed by atoms with Crippen molar-refractivity contribution in [1.29, 1.82) is 0 Å². The van der Waals surface area contributed by atoms with Gasteiger partial charge in [0.25, 0.3) is 0 Å². The molecular formula is C8H20I2N2Si. The van der Waals surface area contributed by atoms with E-state index in [1.807, 2.05) is 0 Å². The van der Waals surface area contributed by atoms with Crippen molar-refractivity contribution >= 4 is 47.0 Å². The summed E-state index contributed by atoms with van der Waals surface area (Å²) in [6, 6.07) is 0. The Morgan fingerprint density at radius 1 is 0.769 bits per heavy atom. The molecule has 0 aromatic heterocycles. The van der Waals surface area contributed by atoms with Crippen molar-refractivity contribution in [3.63, 3.8) is 0 Å². The average molecular weight is 426 g/mol. The van der Waals surface area contributed by atoms with E-state index in [1.165, 1.54) is 0 Å². The lowest BCUT2D eigenvalue weighted by atomic mass is 10.1. The van der Waals surface area contributed by atoms with Crippen LogP contribution in [0.25, 0.3) is 0 Å². The van der Waals surface area contributed by atoms with Gasteiger partial charge >= 0.3 is 3.39 Å². The fourth-order valence-electron chi connectivity index (χ4n) is 0.973. The third-order valence-electron chi connectivity index (χ3n) is 1.06. The molecule has 80 valence electrons. The molecule has 5 heteroatoms. The van der Waals surface area contributed by atoms with Gasteiger partial charge in [-0.3, -0.25) is 0 Å². The molecule has 0 aliphatic rings. The Hall–Kier alpha value is 1.60. The van der Waals surface area contributed by atoms with Crippen LogP contribution in [-0.2, 0) is 0 Å². The molecule has 0 radical (unpaired) electrons. The Labute approximate surface area is 109 Å². The highest BCUT2D eigenvalue weighted by molar-refractivity contribution is 14.3. The maximum Gasteiger partial charge on any atom is 0.338 e. The van der Waals surface area contributed by atoms with Crippen LogP contribution in [0.4, 0.5) is 0 Å². The molecule has 0 saturated heterocycles. The van der Waals surface area contributed by atoms with Gasteiger partial charge in [-0.1, -0.05) is 43.6 Å². The monoisotopic (exact) mass is 426 g/mol. The minimum absolute atomic E-state index is 0.187. The smallest absolute Gasteiger partial charge is 0.305 e. The predicted octanol–water partition coefficient (Wildman–Crippen LogP) is 3.07. The summed E-state index contributed by atoms with van der Waals surface area (Å²) in [5.74, 6) is 0. The van der Waals surface area contributed by atoms with Gasteiger partial charge in [-0.2, -0.15) is 0 Å². The minimum atomic E-state index is -1.53. The number of hydrogen-bond acceptors (Lipinski definition) is 2. The summed E-state index contributed by atoms with van der Waals surface area (Å²) in [5, 5.41) is 0. The van der Waals surface area contributed by atoms with Gasteiger partial charge in [-0.05, 0) is 41.5 Å². The molecule has 0 amide bonds. The summed E-state index contributed by atoms with van der Waals surface area (Å²) in [4.78, 5) is 7.31. The maximum atomic E-state index is 3.65. The largest absolute Gasteiger partial charge is 0.338 e. The van der Waals surface area contributed by atoms with Crippen LogP contribution in [0.2, 0.25) is 0 Å². The molecule has 2 N–H and O–H groups in total. The van der Waals surface area contributed by atoms with E-state index in [9.17, 15) is 0 Å². The predicted molar refractivity (Wildman–Crippen MR) is 79.6 cm³/mol. The molecule has 0 rings (SSSR count). The minimum Gasteiger partial charge on any atom is -0.305 e. The zero-order chi connectivity index (χ0) is 10.9. The normalized spacial score (nSPS) is 14.8. The molecule has 0 spiro atoms. The van der Waals surface area contributed by atoms with E-state index in [2.05, 4.69) is 95.1 Å². The van der Waals surface area contributed by atoms with Crippen LogP contribution in [0.5, 0.6) is 0 Å². The summed E-state index contributed by atoms with van der Waals surface area (Å²) in [6.45, 7) is 13.2. The van der Waals surface area contributed by atoms with E-state index in [4.69, 9.17) is 0 Å². The molecule has 0 aromatic carbocycles. The lowest BCUT2D eigenvalue weighted by molar-refractivity contribution is 0.482. The molecule has 0 aliphatic heterocycles. The Morgan fingerprint density at radius 2 is 1.00 bits per heavy atom. The van der Waals surface area contributed by atoms with Crippen LogP contribution in [0.3, 0.4) is 0 Å². The summed E-state index contributed by atoms with van der Waals surface area (Å²) >= 11 is 5.06. The third-order valence-corrected chi connectivity index (χ3v) is 6.43. The Balaban J connectivity index is 4.25. The summed E-state index contributed by atoms with van der Waals surface area (Å²) < 4.78 is -1.53. The van der Waals surface area contributed by atoms with Crippen molar-refractivity contribution in [1.82, 2.24) is 9.96 Å². The van der Waals surface area contributed by atoms with Gasteiger partial charge in [-0.25, -0.2) is 0 Å². The number of halogens is 2. The van der Waals surface area contributed by atoms with Crippen LogP contribution in [-0.4, -0.2) is 14.5 Å². The van der Waals surface area contributed by atoms with Crippen molar-refractivity contribution in [2.24, 2.45) is 0 Å². The summed E-state index contributed by atoms with van der Waals surface area (Å²) in [6.07, 6.45) is 0. The van der Waals surface area contributed by atoms with Gasteiger partial charge in [0, 0.05) is 11.1 Å². The maximum absolute atomic E-state index is 3.65. The lowest BCUT2D eigenvalue weighted by Crippen LogP contribution is -2.63. The van der Waals surface area contributed by atoms with Crippen molar-refractivity contribution in [2.45, 2.75) is 52.6 Å². The first kappa shape index (κ1) is 14.6. The van der Waals surface area contributed by atoms with Crippen molar-refractivity contribution in [3.05, 3.63) is 0 Å². The molecular weight excluding hydrogens is 406 g/mol. The summed E-state index contributed by atoms with van der Waals surface area (Å²) in [7, 11) is 0. The molecule has 0 aliphatic carbocycles. The fourth-order valence-corrected chi connectivity index (χ4v) is 12.6. The highest BCUT2D eigenvalue weighted by atomic mass is 127. The molecule has 13 heavy (non-hydrogen) atoms. The van der Waals surface area contributed by atoms with Crippen LogP contribution >= 0.6 is 43.6 Å². The van der Waals surface area contributed by atoms with Crippen LogP contribution in [0.15, 0.2) is 0 Å². The van der Waals surface area contributed by atoms with Crippen LogP contribution in [0, 0.1) is 0 Å². The lowest BCUT2D eigenvalue weighted by Gasteiger charge is -2.35. The fraction of sp³-hybridized carbons (Fsp3) is 1.00. The summed E-state index contributed by atoms with van der Waals surface area (Å²) in [5.41, 5.74) is 0.375. The first-order valence-electron chi connectivity index (χ1n) is 4.38. The highest BCUT2D eigenvalue weighted by Crippen LogP contribution is 2.21. The second-order valence-corrected chi connectivity index (χ2v) is 22.9. The average Bonchev–Trinajstić information content (AvgIpc) is 1.43. The molecule has 0 fully saturated rings. The second-order valence-electron chi connectivity index (χ2n) is 5.32. The van der Waals surface area contributed by atoms with Gasteiger partial charge in [0.2, 0.25) is 0 Å². The van der Waals surface area contributed by atoms with Gasteiger partial charge in [-0.15, -0.1) is 0 Å². The van der Waals surface area contributed by atoms with E-state index < -0.39 is 3.39 Å². The molecule has 0 aromatic rings. The number of rotatable bonds is 2. The topological polar surface area (TPSA) is 24.1 Å². The van der Waals surface area contributed by atoms with Crippen LogP contribution < -0.4 is 9.96 Å². The van der Waals surface area contributed by atoms with Gasteiger partial charge < -0.3 is 9.96 Å². The van der Waals surface area contributed by atoms with E-state index in [1.54, 1.807) is 0 Å². The first-order valence-corrected chi connectivity index (χ1v) is 12.6. The zero-order valence-electron chi connectivity index (χ0n) is 9.26. The van der Waals surface area contributed by atoms with E-state index >= 15 is 0 Å². The Bertz CT molecular complexity index is 152. The molecule has 2 nitrogen and oxygen atoms in total. The third kappa shape index (κ3) is 9.89. The van der Waals surface area contributed by atoms with Gasteiger partial charge in [0.15, 0.2) is 0 Å². The van der Waals surface area contributed by atoms with Gasteiger partial charge in [0.1, 0.15) is 0 Å². The van der Waals surface area contributed by atoms with Crippen molar-refractivity contribution in [3.8, 4) is 0 Å². The standard InChI is InChI=1S/C8H20I2N2Si/c1-7(2,3)11-13(9,10)12-8(4,5)6/h11-12H,1-6H3. The second kappa shape index (κ2) is 4.63. The molecule has 0 heterocycles. The van der Waals surface area contributed by atoms with Crippen molar-refractivity contribution in [2.75, 3.05) is 0 Å².